The second-order valence-electron chi connectivity index (χ2n) is 7.26. The summed E-state index contributed by atoms with van der Waals surface area (Å²) in [5, 5.41) is 3.85. The quantitative estimate of drug-likeness (QED) is 0.820. The number of hydrogen-bond donors (Lipinski definition) is 1. The van der Waals surface area contributed by atoms with Crippen molar-refractivity contribution in [3.8, 4) is 5.75 Å². The third-order valence-corrected chi connectivity index (χ3v) is 5.41. The van der Waals surface area contributed by atoms with Crippen molar-refractivity contribution < 1.29 is 9.53 Å². The number of aromatic nitrogens is 2. The lowest BCUT2D eigenvalue weighted by Gasteiger charge is -2.22. The maximum atomic E-state index is 12.4. The number of ether oxygens (including phenoxy) is 1. The van der Waals surface area contributed by atoms with E-state index < -0.39 is 0 Å². The largest absolute Gasteiger partial charge is 0.483 e. The molecule has 2 atom stereocenters. The summed E-state index contributed by atoms with van der Waals surface area (Å²) in [6.07, 6.45) is 8.68. The van der Waals surface area contributed by atoms with E-state index in [9.17, 15) is 4.79 Å². The molecule has 1 fully saturated rings. The Hall–Kier alpha value is -2.01. The van der Waals surface area contributed by atoms with Gasteiger partial charge < -0.3 is 14.6 Å². The Bertz CT molecular complexity index is 759. The average molecular weight is 376 g/mol. The van der Waals surface area contributed by atoms with E-state index in [0.29, 0.717) is 0 Å². The van der Waals surface area contributed by atoms with Crippen LogP contribution in [0.15, 0.2) is 30.9 Å². The van der Waals surface area contributed by atoms with Gasteiger partial charge >= 0.3 is 0 Å². The smallest absolute Gasteiger partial charge is 0.258 e. The Morgan fingerprint density at radius 3 is 2.92 bits per heavy atom. The molecule has 0 spiro atoms. The molecule has 5 nitrogen and oxygen atoms in total. The van der Waals surface area contributed by atoms with Crippen molar-refractivity contribution in [1.82, 2.24) is 14.9 Å². The highest BCUT2D eigenvalue weighted by atomic mass is 35.5. The van der Waals surface area contributed by atoms with Gasteiger partial charge in [0.15, 0.2) is 6.61 Å². The van der Waals surface area contributed by atoms with E-state index in [1.807, 2.05) is 31.6 Å². The van der Waals surface area contributed by atoms with Crippen LogP contribution < -0.4 is 10.1 Å². The summed E-state index contributed by atoms with van der Waals surface area (Å²) in [6.45, 7) is 6.12. The molecule has 0 bridgehead atoms. The summed E-state index contributed by atoms with van der Waals surface area (Å²) in [7, 11) is 0. The highest BCUT2D eigenvalue weighted by Gasteiger charge is 2.29. The fourth-order valence-electron chi connectivity index (χ4n) is 3.57. The van der Waals surface area contributed by atoms with Gasteiger partial charge in [0.1, 0.15) is 5.75 Å². The summed E-state index contributed by atoms with van der Waals surface area (Å²) in [5.41, 5.74) is 1.97. The van der Waals surface area contributed by atoms with Gasteiger partial charge in [0.2, 0.25) is 0 Å². The Labute approximate surface area is 159 Å². The number of carbonyl (C=O) groups is 1. The number of nitrogens with one attached hydrogen (secondary N) is 1. The van der Waals surface area contributed by atoms with E-state index in [-0.39, 0.29) is 30.5 Å². The van der Waals surface area contributed by atoms with Gasteiger partial charge in [0, 0.05) is 23.5 Å². The number of amides is 1. The first-order valence-electron chi connectivity index (χ1n) is 9.15. The minimum Gasteiger partial charge on any atom is -0.483 e. The molecular weight excluding hydrogens is 350 g/mol. The van der Waals surface area contributed by atoms with Crippen molar-refractivity contribution in [2.24, 2.45) is 0 Å². The van der Waals surface area contributed by atoms with E-state index >= 15 is 0 Å². The Morgan fingerprint density at radius 2 is 2.23 bits per heavy atom. The van der Waals surface area contributed by atoms with Crippen molar-refractivity contribution in [1.29, 1.82) is 0 Å². The summed E-state index contributed by atoms with van der Waals surface area (Å²) < 4.78 is 7.92. The normalized spacial score (nSPS) is 19.7. The van der Waals surface area contributed by atoms with Gasteiger partial charge in [0.05, 0.1) is 12.4 Å². The number of halogens is 1. The summed E-state index contributed by atoms with van der Waals surface area (Å²) in [6, 6.07) is 4.23. The average Bonchev–Trinajstić information content (AvgIpc) is 3.26. The number of rotatable bonds is 6. The maximum absolute atomic E-state index is 12.4. The summed E-state index contributed by atoms with van der Waals surface area (Å²) >= 11 is 6.23. The lowest BCUT2D eigenvalue weighted by molar-refractivity contribution is -0.124. The van der Waals surface area contributed by atoms with Crippen molar-refractivity contribution in [2.45, 2.75) is 58.0 Å². The van der Waals surface area contributed by atoms with Crippen molar-refractivity contribution in [3.05, 3.63) is 47.0 Å². The van der Waals surface area contributed by atoms with Crippen LogP contribution in [0.4, 0.5) is 0 Å². The molecule has 3 rings (SSSR count). The molecular formula is C20H26ClN3O2. The fourth-order valence-corrected chi connectivity index (χ4v) is 3.74. The van der Waals surface area contributed by atoms with Gasteiger partial charge in [-0.15, -0.1) is 0 Å². The van der Waals surface area contributed by atoms with Crippen molar-refractivity contribution in [2.75, 3.05) is 6.61 Å². The molecule has 1 aliphatic rings. The van der Waals surface area contributed by atoms with Crippen LogP contribution in [0.25, 0.3) is 0 Å². The molecule has 1 N–H and O–H groups in total. The van der Waals surface area contributed by atoms with Crippen molar-refractivity contribution in [3.63, 3.8) is 0 Å². The molecule has 140 valence electrons. The van der Waals surface area contributed by atoms with Crippen LogP contribution in [0.5, 0.6) is 5.75 Å². The highest BCUT2D eigenvalue weighted by Crippen LogP contribution is 2.32. The molecule has 1 heterocycles. The first-order valence-corrected chi connectivity index (χ1v) is 9.53. The third-order valence-electron chi connectivity index (χ3n) is 5.01. The topological polar surface area (TPSA) is 56.1 Å². The van der Waals surface area contributed by atoms with Gasteiger partial charge in [-0.05, 0) is 55.4 Å². The number of hydrogen-bond acceptors (Lipinski definition) is 3. The lowest BCUT2D eigenvalue weighted by Crippen LogP contribution is -2.40. The first kappa shape index (κ1) is 18.8. The van der Waals surface area contributed by atoms with Crippen LogP contribution in [0.1, 0.15) is 56.2 Å². The molecule has 26 heavy (non-hydrogen) atoms. The minimum atomic E-state index is -0.0932. The third kappa shape index (κ3) is 4.21. The van der Waals surface area contributed by atoms with Crippen LogP contribution in [-0.2, 0) is 4.79 Å². The molecule has 0 saturated heterocycles. The summed E-state index contributed by atoms with van der Waals surface area (Å²) in [5.74, 6) is 0.908. The number of nitrogens with zero attached hydrogens (tertiary/aromatic N) is 2. The predicted octanol–water partition coefficient (Wildman–Crippen LogP) is 4.26. The molecule has 1 aromatic heterocycles. The van der Waals surface area contributed by atoms with Crippen LogP contribution in [0.3, 0.4) is 0 Å². The number of carbonyl (C=O) groups excluding carboxylic acids is 1. The molecule has 1 amide bonds. The molecule has 1 saturated carbocycles. The van der Waals surface area contributed by atoms with E-state index in [4.69, 9.17) is 16.3 Å². The van der Waals surface area contributed by atoms with E-state index in [2.05, 4.69) is 28.7 Å². The van der Waals surface area contributed by atoms with Gasteiger partial charge in [-0.2, -0.15) is 0 Å². The Kier molecular flexibility index (Phi) is 5.87. The monoisotopic (exact) mass is 375 g/mol. The maximum Gasteiger partial charge on any atom is 0.258 e. The van der Waals surface area contributed by atoms with Gasteiger partial charge in [-0.25, -0.2) is 4.98 Å². The highest BCUT2D eigenvalue weighted by molar-refractivity contribution is 6.31. The van der Waals surface area contributed by atoms with E-state index in [1.165, 1.54) is 0 Å². The van der Waals surface area contributed by atoms with Gasteiger partial charge in [0.25, 0.3) is 5.91 Å². The van der Waals surface area contributed by atoms with Crippen molar-refractivity contribution >= 4 is 17.5 Å². The van der Waals surface area contributed by atoms with Crippen LogP contribution >= 0.6 is 11.6 Å². The molecule has 1 aliphatic carbocycles. The molecule has 6 heteroatoms. The second kappa shape index (κ2) is 8.12. The predicted molar refractivity (Wildman–Crippen MR) is 103 cm³/mol. The standard InChI is InChI=1S/C20H26ClN3O2/c1-13(2)15-10-16(21)14(3)9-19(15)26-11-20(25)23-17-5-4-6-18(17)24-8-7-22-12-24/h7-10,12-13,17-18H,4-6,11H2,1-3H3,(H,23,25)/t17-,18-/m1/s1. The Morgan fingerprint density at radius 1 is 1.42 bits per heavy atom. The van der Waals surface area contributed by atoms with E-state index in [0.717, 1.165) is 41.2 Å². The van der Waals surface area contributed by atoms with Gasteiger partial charge in [-0.1, -0.05) is 25.4 Å². The number of imidazole rings is 1. The Balaban J connectivity index is 1.62. The second-order valence-corrected chi connectivity index (χ2v) is 7.67. The van der Waals surface area contributed by atoms with Crippen LogP contribution in [0.2, 0.25) is 5.02 Å². The summed E-state index contributed by atoms with van der Waals surface area (Å²) in [4.78, 5) is 16.5. The molecule has 0 aliphatic heterocycles. The van der Waals surface area contributed by atoms with Crippen LogP contribution in [0, 0.1) is 6.92 Å². The molecule has 1 aromatic carbocycles. The zero-order chi connectivity index (χ0) is 18.7. The minimum absolute atomic E-state index is 0.00788. The number of benzene rings is 1. The molecule has 0 unspecified atom stereocenters. The zero-order valence-corrected chi connectivity index (χ0v) is 16.3. The first-order chi connectivity index (χ1) is 12.5. The zero-order valence-electron chi connectivity index (χ0n) is 15.5. The molecule has 0 radical (unpaired) electrons. The van der Waals surface area contributed by atoms with E-state index in [1.54, 1.807) is 6.20 Å². The van der Waals surface area contributed by atoms with Crippen LogP contribution in [-0.4, -0.2) is 28.1 Å². The SMILES string of the molecule is Cc1cc(OCC(=O)N[C@@H]2CCC[C@H]2n2ccnc2)c(C(C)C)cc1Cl. The fraction of sp³-hybridized carbons (Fsp3) is 0.500. The van der Waals surface area contributed by atoms with Gasteiger partial charge in [-0.3, -0.25) is 4.79 Å². The molecule has 2 aromatic rings. The number of aryl methyl sites for hydroxylation is 1. The lowest BCUT2D eigenvalue weighted by atomic mass is 10.0.